The maximum Gasteiger partial charge on any atom is 0.0713 e. The summed E-state index contributed by atoms with van der Waals surface area (Å²) in [4.78, 5) is 2.88. The first-order chi connectivity index (χ1) is 10.4. The number of thioether (sulfide) groups is 1. The average Bonchev–Trinajstić information content (AvgIpc) is 3.19. The molecule has 0 amide bonds. The third kappa shape index (κ3) is 3.01. The van der Waals surface area contributed by atoms with Crippen molar-refractivity contribution in [1.29, 1.82) is 0 Å². The standard InChI is InChI=1S/C17H30N2OS/c1-3-15(18-8-1)16-4-2-9-19(16)14-5-10-20-17(13-14)6-11-21-12-7-17/h14-16,18H,1-13H2. The molecule has 0 aliphatic carbocycles. The van der Waals surface area contributed by atoms with Gasteiger partial charge in [-0.05, 0) is 76.0 Å². The zero-order valence-electron chi connectivity index (χ0n) is 13.2. The van der Waals surface area contributed by atoms with E-state index in [9.17, 15) is 0 Å². The second-order valence-corrected chi connectivity index (χ2v) is 8.67. The number of likely N-dealkylation sites (tertiary alicyclic amines) is 1. The van der Waals surface area contributed by atoms with Gasteiger partial charge in [-0.1, -0.05) is 0 Å². The van der Waals surface area contributed by atoms with Gasteiger partial charge in [0.2, 0.25) is 0 Å². The van der Waals surface area contributed by atoms with Crippen LogP contribution < -0.4 is 5.32 Å². The van der Waals surface area contributed by atoms with Crippen molar-refractivity contribution in [3.8, 4) is 0 Å². The van der Waals surface area contributed by atoms with Crippen LogP contribution in [0.4, 0.5) is 0 Å². The van der Waals surface area contributed by atoms with E-state index in [0.717, 1.165) is 24.7 Å². The van der Waals surface area contributed by atoms with Gasteiger partial charge >= 0.3 is 0 Å². The highest BCUT2D eigenvalue weighted by atomic mass is 32.2. The number of rotatable bonds is 2. The lowest BCUT2D eigenvalue weighted by molar-refractivity contribution is -0.112. The van der Waals surface area contributed by atoms with Gasteiger partial charge in [-0.15, -0.1) is 0 Å². The minimum atomic E-state index is 0.240. The SMILES string of the molecule is C1CNC(C2CCCN2C2CCOC3(CCSCC3)C2)C1. The van der Waals surface area contributed by atoms with Crippen molar-refractivity contribution in [2.24, 2.45) is 0 Å². The zero-order chi connectivity index (χ0) is 14.1. The van der Waals surface area contributed by atoms with Crippen LogP contribution in [0.25, 0.3) is 0 Å². The average molecular weight is 311 g/mol. The van der Waals surface area contributed by atoms with E-state index >= 15 is 0 Å². The summed E-state index contributed by atoms with van der Waals surface area (Å²) in [6, 6.07) is 2.37. The lowest BCUT2D eigenvalue weighted by Crippen LogP contribution is -2.54. The Balaban J connectivity index is 1.44. The molecule has 120 valence electrons. The van der Waals surface area contributed by atoms with Crippen molar-refractivity contribution < 1.29 is 4.74 Å². The van der Waals surface area contributed by atoms with Gasteiger partial charge in [-0.3, -0.25) is 4.90 Å². The number of hydrogen-bond acceptors (Lipinski definition) is 4. The molecule has 3 atom stereocenters. The monoisotopic (exact) mass is 310 g/mol. The van der Waals surface area contributed by atoms with Gasteiger partial charge in [-0.25, -0.2) is 0 Å². The molecule has 3 unspecified atom stereocenters. The van der Waals surface area contributed by atoms with E-state index in [1.165, 1.54) is 76.0 Å². The number of ether oxygens (including phenoxy) is 1. The lowest BCUT2D eigenvalue weighted by Gasteiger charge is -2.47. The van der Waals surface area contributed by atoms with Crippen LogP contribution in [0.3, 0.4) is 0 Å². The zero-order valence-corrected chi connectivity index (χ0v) is 14.0. The van der Waals surface area contributed by atoms with Crippen LogP contribution in [0.5, 0.6) is 0 Å². The van der Waals surface area contributed by atoms with Crippen molar-refractivity contribution in [2.75, 3.05) is 31.2 Å². The predicted octanol–water partition coefficient (Wildman–Crippen LogP) is 2.65. The maximum atomic E-state index is 6.30. The van der Waals surface area contributed by atoms with Crippen LogP contribution in [0, 0.1) is 0 Å². The predicted molar refractivity (Wildman–Crippen MR) is 89.0 cm³/mol. The van der Waals surface area contributed by atoms with Crippen LogP contribution in [-0.2, 0) is 4.74 Å². The molecule has 3 nitrogen and oxygen atoms in total. The third-order valence-electron chi connectivity index (χ3n) is 6.25. The second-order valence-electron chi connectivity index (χ2n) is 7.44. The molecular formula is C17H30N2OS. The Morgan fingerprint density at radius 3 is 2.81 bits per heavy atom. The largest absolute Gasteiger partial charge is 0.375 e. The van der Waals surface area contributed by atoms with Crippen molar-refractivity contribution in [3.63, 3.8) is 0 Å². The van der Waals surface area contributed by atoms with Gasteiger partial charge < -0.3 is 10.1 Å². The normalized spacial score (nSPS) is 40.9. The topological polar surface area (TPSA) is 24.5 Å². The van der Waals surface area contributed by atoms with Crippen LogP contribution in [0.1, 0.15) is 51.4 Å². The molecule has 0 aromatic carbocycles. The van der Waals surface area contributed by atoms with Crippen LogP contribution >= 0.6 is 11.8 Å². The minimum Gasteiger partial charge on any atom is -0.375 e. The molecule has 4 aliphatic heterocycles. The highest BCUT2D eigenvalue weighted by Gasteiger charge is 2.44. The van der Waals surface area contributed by atoms with E-state index in [4.69, 9.17) is 4.74 Å². The molecule has 1 spiro atoms. The van der Waals surface area contributed by atoms with Gasteiger partial charge in [0.25, 0.3) is 0 Å². The minimum absolute atomic E-state index is 0.240. The van der Waals surface area contributed by atoms with E-state index in [1.807, 2.05) is 0 Å². The first kappa shape index (κ1) is 14.8. The van der Waals surface area contributed by atoms with Gasteiger partial charge in [-0.2, -0.15) is 11.8 Å². The molecule has 0 bridgehead atoms. The Bertz CT molecular complexity index is 347. The molecule has 4 rings (SSSR count). The van der Waals surface area contributed by atoms with E-state index in [2.05, 4.69) is 22.0 Å². The molecule has 4 aliphatic rings. The molecule has 4 heteroatoms. The van der Waals surface area contributed by atoms with Crippen LogP contribution in [-0.4, -0.2) is 59.8 Å². The highest BCUT2D eigenvalue weighted by Crippen LogP contribution is 2.41. The maximum absolute atomic E-state index is 6.30. The van der Waals surface area contributed by atoms with Gasteiger partial charge in [0.1, 0.15) is 0 Å². The van der Waals surface area contributed by atoms with Gasteiger partial charge in [0.15, 0.2) is 0 Å². The number of nitrogens with zero attached hydrogens (tertiary/aromatic N) is 1. The second kappa shape index (κ2) is 6.38. The first-order valence-electron chi connectivity index (χ1n) is 9.07. The van der Waals surface area contributed by atoms with E-state index in [1.54, 1.807) is 0 Å². The summed E-state index contributed by atoms with van der Waals surface area (Å²) >= 11 is 2.11. The quantitative estimate of drug-likeness (QED) is 0.847. The number of nitrogens with one attached hydrogen (secondary N) is 1. The molecule has 1 N–H and O–H groups in total. The summed E-state index contributed by atoms with van der Waals surface area (Å²) in [7, 11) is 0. The summed E-state index contributed by atoms with van der Waals surface area (Å²) in [5, 5.41) is 3.76. The smallest absolute Gasteiger partial charge is 0.0713 e. The molecule has 4 fully saturated rings. The fourth-order valence-electron chi connectivity index (χ4n) is 5.12. The van der Waals surface area contributed by atoms with Gasteiger partial charge in [0.05, 0.1) is 5.60 Å². The molecule has 4 saturated heterocycles. The Morgan fingerprint density at radius 2 is 2.00 bits per heavy atom. The van der Waals surface area contributed by atoms with E-state index in [0.29, 0.717) is 0 Å². The highest BCUT2D eigenvalue weighted by molar-refractivity contribution is 7.99. The summed E-state index contributed by atoms with van der Waals surface area (Å²) in [5.41, 5.74) is 0.240. The Kier molecular flexibility index (Phi) is 4.50. The van der Waals surface area contributed by atoms with E-state index < -0.39 is 0 Å². The van der Waals surface area contributed by atoms with Crippen molar-refractivity contribution in [1.82, 2.24) is 10.2 Å². The summed E-state index contributed by atoms with van der Waals surface area (Å²) in [6.07, 6.45) is 10.7. The summed E-state index contributed by atoms with van der Waals surface area (Å²) < 4.78 is 6.30. The lowest BCUT2D eigenvalue weighted by atomic mass is 9.84. The van der Waals surface area contributed by atoms with Gasteiger partial charge in [0, 0.05) is 24.7 Å². The molecule has 0 aromatic rings. The fourth-order valence-corrected chi connectivity index (χ4v) is 6.35. The van der Waals surface area contributed by atoms with Crippen molar-refractivity contribution in [2.45, 2.75) is 75.1 Å². The summed E-state index contributed by atoms with van der Waals surface area (Å²) in [6.45, 7) is 3.57. The van der Waals surface area contributed by atoms with Crippen molar-refractivity contribution in [3.05, 3.63) is 0 Å². The Labute approximate surface area is 133 Å². The van der Waals surface area contributed by atoms with Crippen LogP contribution in [0.15, 0.2) is 0 Å². The molecule has 0 saturated carbocycles. The third-order valence-corrected chi connectivity index (χ3v) is 7.23. The summed E-state index contributed by atoms with van der Waals surface area (Å²) in [5.74, 6) is 2.61. The first-order valence-corrected chi connectivity index (χ1v) is 10.2. The Morgan fingerprint density at radius 1 is 1.10 bits per heavy atom. The molecule has 0 aromatic heterocycles. The fraction of sp³-hybridized carbons (Fsp3) is 1.00. The number of hydrogen-bond donors (Lipinski definition) is 1. The molecule has 21 heavy (non-hydrogen) atoms. The Hall–Kier alpha value is 0.230. The molecular weight excluding hydrogens is 280 g/mol. The van der Waals surface area contributed by atoms with Crippen molar-refractivity contribution >= 4 is 11.8 Å². The molecule has 0 radical (unpaired) electrons. The van der Waals surface area contributed by atoms with Crippen LogP contribution in [0.2, 0.25) is 0 Å². The van der Waals surface area contributed by atoms with E-state index in [-0.39, 0.29) is 5.60 Å². The molecule has 4 heterocycles.